The molecule has 2 aliphatic carbocycles. The highest BCUT2D eigenvalue weighted by Gasteiger charge is 2.28. The van der Waals surface area contributed by atoms with Crippen molar-refractivity contribution < 1.29 is 13.9 Å². The summed E-state index contributed by atoms with van der Waals surface area (Å²) in [6.07, 6.45) is 16.5. The van der Waals surface area contributed by atoms with Crippen LogP contribution in [0.2, 0.25) is 0 Å². The van der Waals surface area contributed by atoms with Gasteiger partial charge >= 0.3 is 5.97 Å². The smallest absolute Gasteiger partial charge is 0.314 e. The number of carbonyl (C=O) groups is 1. The van der Waals surface area contributed by atoms with Crippen molar-refractivity contribution in [2.24, 2.45) is 23.7 Å². The zero-order chi connectivity index (χ0) is 21.3. The second-order valence-corrected chi connectivity index (χ2v) is 9.91. The summed E-state index contributed by atoms with van der Waals surface area (Å²) in [5.74, 6) is 1.84. The normalized spacial score (nSPS) is 27.0. The third-order valence-corrected chi connectivity index (χ3v) is 7.59. The lowest BCUT2D eigenvalue weighted by atomic mass is 9.78. The van der Waals surface area contributed by atoms with Crippen molar-refractivity contribution in [3.63, 3.8) is 0 Å². The summed E-state index contributed by atoms with van der Waals surface area (Å²) >= 11 is 0. The summed E-state index contributed by atoms with van der Waals surface area (Å²) in [7, 11) is 0. The number of hydrogen-bond acceptors (Lipinski definition) is 2. The second-order valence-electron chi connectivity index (χ2n) is 9.91. The lowest BCUT2D eigenvalue weighted by Gasteiger charge is -2.28. The molecule has 3 heteroatoms. The molecule has 0 saturated heterocycles. The highest BCUT2D eigenvalue weighted by molar-refractivity contribution is 5.75. The van der Waals surface area contributed by atoms with Crippen LogP contribution in [0.1, 0.15) is 103 Å². The average Bonchev–Trinajstić information content (AvgIpc) is 2.76. The number of benzene rings is 1. The Hall–Kier alpha value is -1.38. The Morgan fingerprint density at radius 1 is 0.867 bits per heavy atom. The molecule has 168 valence electrons. The van der Waals surface area contributed by atoms with Crippen molar-refractivity contribution in [3.05, 3.63) is 29.6 Å². The Kier molecular flexibility index (Phi) is 9.21. The molecule has 0 spiro atoms. The molecule has 0 radical (unpaired) electrons. The van der Waals surface area contributed by atoms with Gasteiger partial charge in [0.05, 0.1) is 5.92 Å². The number of carbonyl (C=O) groups excluding carboxylic acids is 1. The molecule has 0 unspecified atom stereocenters. The number of halogens is 1. The van der Waals surface area contributed by atoms with Crippen LogP contribution in [0.5, 0.6) is 5.75 Å². The van der Waals surface area contributed by atoms with Crippen molar-refractivity contribution in [3.8, 4) is 5.75 Å². The number of rotatable bonds is 9. The van der Waals surface area contributed by atoms with E-state index >= 15 is 0 Å². The van der Waals surface area contributed by atoms with E-state index in [0.29, 0.717) is 0 Å². The summed E-state index contributed by atoms with van der Waals surface area (Å²) in [5.41, 5.74) is 1.02. The van der Waals surface area contributed by atoms with Gasteiger partial charge in [0.2, 0.25) is 0 Å². The van der Waals surface area contributed by atoms with Crippen molar-refractivity contribution in [2.75, 3.05) is 0 Å². The topological polar surface area (TPSA) is 26.3 Å². The maximum absolute atomic E-state index is 14.6. The van der Waals surface area contributed by atoms with Crippen LogP contribution in [0.15, 0.2) is 18.2 Å². The Bertz CT molecular complexity index is 655. The molecule has 0 N–H and O–H groups in total. The maximum Gasteiger partial charge on any atom is 0.314 e. The Balaban J connectivity index is 1.43. The quantitative estimate of drug-likeness (QED) is 0.302. The fraction of sp³-hybridized carbons (Fsp3) is 0.741. The van der Waals surface area contributed by atoms with Crippen LogP contribution in [0.4, 0.5) is 4.39 Å². The van der Waals surface area contributed by atoms with Gasteiger partial charge in [0.15, 0.2) is 11.6 Å². The monoisotopic (exact) mass is 416 g/mol. The maximum atomic E-state index is 14.6. The number of aryl methyl sites for hydroxylation is 1. The van der Waals surface area contributed by atoms with Gasteiger partial charge in [-0.3, -0.25) is 4.79 Å². The second kappa shape index (κ2) is 11.9. The molecule has 2 fully saturated rings. The fourth-order valence-corrected chi connectivity index (χ4v) is 5.66. The van der Waals surface area contributed by atoms with Crippen molar-refractivity contribution in [2.45, 2.75) is 104 Å². The van der Waals surface area contributed by atoms with Crippen LogP contribution in [0.3, 0.4) is 0 Å². The number of hydrogen-bond donors (Lipinski definition) is 0. The highest BCUT2D eigenvalue weighted by Crippen LogP contribution is 2.35. The molecule has 0 bridgehead atoms. The number of esters is 1. The van der Waals surface area contributed by atoms with E-state index in [1.165, 1.54) is 51.4 Å². The van der Waals surface area contributed by atoms with E-state index in [0.717, 1.165) is 61.8 Å². The van der Waals surface area contributed by atoms with Crippen LogP contribution < -0.4 is 4.74 Å². The van der Waals surface area contributed by atoms with E-state index < -0.39 is 5.82 Å². The first-order valence-corrected chi connectivity index (χ1v) is 12.6. The standard InChI is InChI=1S/C27H41FO2/c1-3-5-20-7-9-22(10-8-20)11-12-23-15-18-26(25(28)19-23)30-27(29)24-16-13-21(6-4-2)14-17-24/h15,18-22,24H,3-14,16-17H2,1-2H3/t20-,21-,22-,24-. The molecular formula is C27H41FO2. The summed E-state index contributed by atoms with van der Waals surface area (Å²) in [6, 6.07) is 5.17. The number of ether oxygens (including phenoxy) is 1. The van der Waals surface area contributed by atoms with E-state index in [1.807, 2.05) is 6.07 Å². The van der Waals surface area contributed by atoms with E-state index in [-0.39, 0.29) is 17.6 Å². The molecular weight excluding hydrogens is 375 g/mol. The first kappa shape index (κ1) is 23.3. The lowest BCUT2D eigenvalue weighted by molar-refractivity contribution is -0.140. The highest BCUT2D eigenvalue weighted by atomic mass is 19.1. The molecule has 0 aliphatic heterocycles. The zero-order valence-electron chi connectivity index (χ0n) is 19.1. The molecule has 0 aromatic heterocycles. The molecule has 2 saturated carbocycles. The van der Waals surface area contributed by atoms with Crippen molar-refractivity contribution >= 4 is 5.97 Å². The van der Waals surface area contributed by atoms with Gasteiger partial charge in [-0.25, -0.2) is 4.39 Å². The predicted molar refractivity (Wildman–Crippen MR) is 121 cm³/mol. The Morgan fingerprint density at radius 3 is 1.93 bits per heavy atom. The Morgan fingerprint density at radius 2 is 1.40 bits per heavy atom. The molecule has 3 rings (SSSR count). The minimum Gasteiger partial charge on any atom is -0.423 e. The van der Waals surface area contributed by atoms with Gasteiger partial charge in [-0.05, 0) is 74.0 Å². The zero-order valence-corrected chi connectivity index (χ0v) is 19.1. The van der Waals surface area contributed by atoms with Crippen molar-refractivity contribution in [1.82, 2.24) is 0 Å². The first-order valence-electron chi connectivity index (χ1n) is 12.6. The van der Waals surface area contributed by atoms with E-state index in [9.17, 15) is 9.18 Å². The third kappa shape index (κ3) is 6.82. The summed E-state index contributed by atoms with van der Waals surface area (Å²) < 4.78 is 20.0. The van der Waals surface area contributed by atoms with Gasteiger partial charge < -0.3 is 4.74 Å². The van der Waals surface area contributed by atoms with Crippen LogP contribution in [0, 0.1) is 29.5 Å². The van der Waals surface area contributed by atoms with Crippen LogP contribution in [-0.4, -0.2) is 5.97 Å². The van der Waals surface area contributed by atoms with Crippen LogP contribution in [-0.2, 0) is 11.2 Å². The largest absolute Gasteiger partial charge is 0.423 e. The molecule has 30 heavy (non-hydrogen) atoms. The average molecular weight is 417 g/mol. The molecule has 2 aliphatic rings. The molecule has 0 heterocycles. The summed E-state index contributed by atoms with van der Waals surface area (Å²) in [5, 5.41) is 0. The molecule has 1 aromatic carbocycles. The van der Waals surface area contributed by atoms with Gasteiger partial charge in [0, 0.05) is 0 Å². The van der Waals surface area contributed by atoms with Gasteiger partial charge in [-0.1, -0.05) is 71.3 Å². The molecule has 0 amide bonds. The summed E-state index contributed by atoms with van der Waals surface area (Å²) in [4.78, 5) is 12.5. The molecule has 2 nitrogen and oxygen atoms in total. The van der Waals surface area contributed by atoms with Crippen LogP contribution in [0.25, 0.3) is 0 Å². The molecule has 1 aromatic rings. The van der Waals surface area contributed by atoms with Gasteiger partial charge in [-0.2, -0.15) is 0 Å². The van der Waals surface area contributed by atoms with E-state index in [1.54, 1.807) is 12.1 Å². The predicted octanol–water partition coefficient (Wildman–Crippen LogP) is 7.88. The fourth-order valence-electron chi connectivity index (χ4n) is 5.66. The van der Waals surface area contributed by atoms with Crippen molar-refractivity contribution in [1.29, 1.82) is 0 Å². The first-order chi connectivity index (χ1) is 14.6. The van der Waals surface area contributed by atoms with E-state index in [2.05, 4.69) is 13.8 Å². The minimum atomic E-state index is -0.396. The SMILES string of the molecule is CCC[C@H]1CC[C@H](CCc2ccc(OC(=O)[C@H]3CC[C@H](CCC)CC3)c(F)c2)CC1. The summed E-state index contributed by atoms with van der Waals surface area (Å²) in [6.45, 7) is 4.49. The minimum absolute atomic E-state index is 0.0694. The van der Waals surface area contributed by atoms with E-state index in [4.69, 9.17) is 4.74 Å². The molecule has 0 atom stereocenters. The van der Waals surface area contributed by atoms with Gasteiger partial charge in [0.25, 0.3) is 0 Å². The Labute approximate surface area is 183 Å². The lowest BCUT2D eigenvalue weighted by Crippen LogP contribution is -2.26. The van der Waals surface area contributed by atoms with Gasteiger partial charge in [0.1, 0.15) is 0 Å². The third-order valence-electron chi connectivity index (χ3n) is 7.59. The van der Waals surface area contributed by atoms with Gasteiger partial charge in [-0.15, -0.1) is 0 Å². The van der Waals surface area contributed by atoms with Crippen LogP contribution >= 0.6 is 0 Å².